The molecule has 5 nitrogen and oxygen atoms in total. The van der Waals surface area contributed by atoms with E-state index in [-0.39, 0.29) is 0 Å². The van der Waals surface area contributed by atoms with Crippen LogP contribution in [0.5, 0.6) is 23.3 Å². The van der Waals surface area contributed by atoms with E-state index in [0.717, 1.165) is 0 Å². The lowest BCUT2D eigenvalue weighted by atomic mass is 10.5. The number of hydrogen-bond donors (Lipinski definition) is 1. The molecule has 0 saturated carbocycles. The summed E-state index contributed by atoms with van der Waals surface area (Å²) in [5.41, 5.74) is 0. The van der Waals surface area contributed by atoms with Gasteiger partial charge in [0.25, 0.3) is 0 Å². The fraction of sp³-hybridized carbons (Fsp3) is 0.500. The normalized spacial score (nSPS) is 9.54. The van der Waals surface area contributed by atoms with E-state index in [2.05, 4.69) is 4.98 Å². The Labute approximate surface area is 76.6 Å². The molecule has 1 aromatic rings. The summed E-state index contributed by atoms with van der Waals surface area (Å²) in [6, 6.07) is 0. The van der Waals surface area contributed by atoms with Gasteiger partial charge in [-0.15, -0.1) is 0 Å². The Hall–Kier alpha value is -1.52. The summed E-state index contributed by atoms with van der Waals surface area (Å²) in [6.07, 6.45) is 0. The standard InChI is InChI=1S/C8H13NO4/c1-10-5-6(11-2)8(13-4)9-7(5)12-3/h9H,1-4H3. The van der Waals surface area contributed by atoms with Crippen LogP contribution < -0.4 is 18.9 Å². The van der Waals surface area contributed by atoms with Gasteiger partial charge in [-0.2, -0.15) is 0 Å². The molecule has 0 fully saturated rings. The Kier molecular flexibility index (Phi) is 2.89. The zero-order valence-corrected chi connectivity index (χ0v) is 8.13. The molecule has 1 heterocycles. The third kappa shape index (κ3) is 1.49. The van der Waals surface area contributed by atoms with Crippen molar-refractivity contribution in [1.82, 2.24) is 4.98 Å². The molecule has 0 aliphatic carbocycles. The molecule has 0 saturated heterocycles. The Morgan fingerprint density at radius 1 is 0.692 bits per heavy atom. The van der Waals surface area contributed by atoms with E-state index in [9.17, 15) is 0 Å². The summed E-state index contributed by atoms with van der Waals surface area (Å²) < 4.78 is 20.2. The second-order valence-electron chi connectivity index (χ2n) is 2.26. The van der Waals surface area contributed by atoms with Gasteiger partial charge in [0.1, 0.15) is 0 Å². The molecule has 0 unspecified atom stereocenters. The van der Waals surface area contributed by atoms with Crippen molar-refractivity contribution in [2.45, 2.75) is 0 Å². The maximum atomic E-state index is 5.08. The minimum Gasteiger partial charge on any atom is -0.488 e. The van der Waals surface area contributed by atoms with Gasteiger partial charge in [0, 0.05) is 0 Å². The Balaban J connectivity index is 3.17. The van der Waals surface area contributed by atoms with Crippen LogP contribution in [-0.2, 0) is 0 Å². The van der Waals surface area contributed by atoms with Crippen molar-refractivity contribution in [2.75, 3.05) is 28.4 Å². The van der Waals surface area contributed by atoms with Crippen LogP contribution in [0.15, 0.2) is 0 Å². The van der Waals surface area contributed by atoms with Crippen LogP contribution in [0.3, 0.4) is 0 Å². The van der Waals surface area contributed by atoms with Crippen LogP contribution in [0.4, 0.5) is 0 Å². The van der Waals surface area contributed by atoms with E-state index >= 15 is 0 Å². The molecule has 0 aliphatic heterocycles. The number of ether oxygens (including phenoxy) is 4. The summed E-state index contributed by atoms with van der Waals surface area (Å²) in [5.74, 6) is 1.97. The molecule has 0 radical (unpaired) electrons. The summed E-state index contributed by atoms with van der Waals surface area (Å²) in [4.78, 5) is 2.86. The monoisotopic (exact) mass is 187 g/mol. The minimum absolute atomic E-state index is 0.483. The molecule has 0 aromatic carbocycles. The molecule has 0 spiro atoms. The summed E-state index contributed by atoms with van der Waals surface area (Å²) in [6.45, 7) is 0. The highest BCUT2D eigenvalue weighted by atomic mass is 16.6. The SMILES string of the molecule is COc1[nH]c(OC)c(OC)c1OC. The van der Waals surface area contributed by atoms with Gasteiger partial charge in [-0.25, -0.2) is 0 Å². The first-order valence-corrected chi connectivity index (χ1v) is 3.70. The molecule has 1 rings (SSSR count). The van der Waals surface area contributed by atoms with Crippen LogP contribution in [-0.4, -0.2) is 33.4 Å². The third-order valence-corrected chi connectivity index (χ3v) is 1.66. The van der Waals surface area contributed by atoms with Crippen LogP contribution >= 0.6 is 0 Å². The first-order valence-electron chi connectivity index (χ1n) is 3.70. The van der Waals surface area contributed by atoms with Gasteiger partial charge in [-0.1, -0.05) is 0 Å². The van der Waals surface area contributed by atoms with E-state index in [0.29, 0.717) is 23.3 Å². The fourth-order valence-electron chi connectivity index (χ4n) is 1.08. The van der Waals surface area contributed by atoms with Gasteiger partial charge in [0.05, 0.1) is 28.4 Å². The molecule has 0 bridgehead atoms. The predicted molar refractivity (Wildman–Crippen MR) is 47.0 cm³/mol. The van der Waals surface area contributed by atoms with E-state index < -0.39 is 0 Å². The molecule has 1 aromatic heterocycles. The first-order chi connectivity index (χ1) is 6.28. The van der Waals surface area contributed by atoms with Crippen LogP contribution in [0.2, 0.25) is 0 Å². The number of aromatic nitrogens is 1. The Morgan fingerprint density at radius 3 is 1.31 bits per heavy atom. The number of nitrogens with one attached hydrogen (secondary N) is 1. The molecular formula is C8H13NO4. The first kappa shape index (κ1) is 9.57. The maximum absolute atomic E-state index is 5.08. The minimum atomic E-state index is 0.483. The number of aromatic amines is 1. The van der Waals surface area contributed by atoms with E-state index in [1.165, 1.54) is 28.4 Å². The number of H-pyrrole nitrogens is 1. The lowest BCUT2D eigenvalue weighted by molar-refractivity contribution is 0.320. The van der Waals surface area contributed by atoms with Gasteiger partial charge >= 0.3 is 0 Å². The van der Waals surface area contributed by atoms with E-state index in [4.69, 9.17) is 18.9 Å². The lowest BCUT2D eigenvalue weighted by Gasteiger charge is -2.03. The third-order valence-electron chi connectivity index (χ3n) is 1.66. The van der Waals surface area contributed by atoms with Crippen molar-refractivity contribution in [3.05, 3.63) is 0 Å². The topological polar surface area (TPSA) is 52.7 Å². The van der Waals surface area contributed by atoms with Crippen molar-refractivity contribution >= 4 is 0 Å². The van der Waals surface area contributed by atoms with Gasteiger partial charge in [-0.05, 0) is 0 Å². The highest BCUT2D eigenvalue weighted by Crippen LogP contribution is 2.44. The average molecular weight is 187 g/mol. The maximum Gasteiger partial charge on any atom is 0.241 e. The van der Waals surface area contributed by atoms with Crippen molar-refractivity contribution in [2.24, 2.45) is 0 Å². The Bertz CT molecular complexity index is 255. The van der Waals surface area contributed by atoms with Crippen molar-refractivity contribution in [1.29, 1.82) is 0 Å². The number of rotatable bonds is 4. The van der Waals surface area contributed by atoms with Crippen molar-refractivity contribution in [3.8, 4) is 23.3 Å². The van der Waals surface area contributed by atoms with Crippen LogP contribution in [0.1, 0.15) is 0 Å². The van der Waals surface area contributed by atoms with Gasteiger partial charge in [-0.3, -0.25) is 4.98 Å². The zero-order chi connectivity index (χ0) is 9.84. The molecule has 13 heavy (non-hydrogen) atoms. The van der Waals surface area contributed by atoms with Gasteiger partial charge in [0.2, 0.25) is 23.3 Å². The number of hydrogen-bond acceptors (Lipinski definition) is 4. The fourth-order valence-corrected chi connectivity index (χ4v) is 1.08. The van der Waals surface area contributed by atoms with Gasteiger partial charge in [0.15, 0.2) is 0 Å². The molecular weight excluding hydrogens is 174 g/mol. The summed E-state index contributed by atoms with van der Waals surface area (Å²) >= 11 is 0. The van der Waals surface area contributed by atoms with E-state index in [1.807, 2.05) is 0 Å². The van der Waals surface area contributed by atoms with Crippen molar-refractivity contribution in [3.63, 3.8) is 0 Å². The second-order valence-corrected chi connectivity index (χ2v) is 2.26. The van der Waals surface area contributed by atoms with Crippen LogP contribution in [0.25, 0.3) is 0 Å². The second kappa shape index (κ2) is 3.93. The molecule has 1 N–H and O–H groups in total. The smallest absolute Gasteiger partial charge is 0.241 e. The zero-order valence-electron chi connectivity index (χ0n) is 8.13. The van der Waals surface area contributed by atoms with E-state index in [1.54, 1.807) is 0 Å². The molecule has 5 heteroatoms. The number of methoxy groups -OCH3 is 4. The Morgan fingerprint density at radius 2 is 1.08 bits per heavy atom. The highest BCUT2D eigenvalue weighted by molar-refractivity contribution is 5.56. The predicted octanol–water partition coefficient (Wildman–Crippen LogP) is 1.05. The molecule has 0 amide bonds. The largest absolute Gasteiger partial charge is 0.488 e. The van der Waals surface area contributed by atoms with Gasteiger partial charge < -0.3 is 18.9 Å². The summed E-state index contributed by atoms with van der Waals surface area (Å²) in [5, 5.41) is 0. The summed E-state index contributed by atoms with van der Waals surface area (Å²) in [7, 11) is 6.14. The molecule has 74 valence electrons. The highest BCUT2D eigenvalue weighted by Gasteiger charge is 2.20. The quantitative estimate of drug-likeness (QED) is 0.765. The molecule has 0 aliphatic rings. The average Bonchev–Trinajstić information content (AvgIpc) is 2.54. The molecule has 0 atom stereocenters. The van der Waals surface area contributed by atoms with Crippen LogP contribution in [0, 0.1) is 0 Å². The lowest BCUT2D eigenvalue weighted by Crippen LogP contribution is -1.90. The van der Waals surface area contributed by atoms with Crippen molar-refractivity contribution < 1.29 is 18.9 Å².